The molecule has 0 N–H and O–H groups in total. The molecule has 0 aliphatic carbocycles. The van der Waals surface area contributed by atoms with Crippen LogP contribution in [0.3, 0.4) is 0 Å². The lowest BCUT2D eigenvalue weighted by Gasteiger charge is -2.34. The van der Waals surface area contributed by atoms with Crippen LogP contribution in [0, 0.1) is 0 Å². The fraction of sp³-hybridized carbons (Fsp3) is 0.350. The molecule has 3 aromatic rings. The maximum Gasteiger partial charge on any atom is 0.266 e. The molecule has 1 aliphatic rings. The van der Waals surface area contributed by atoms with Crippen LogP contribution in [0.2, 0.25) is 0 Å². The van der Waals surface area contributed by atoms with Gasteiger partial charge in [0.1, 0.15) is 0 Å². The van der Waals surface area contributed by atoms with Crippen LogP contribution < -0.4 is 5.56 Å². The summed E-state index contributed by atoms with van der Waals surface area (Å²) in [5.41, 5.74) is 2.68. The first kappa shape index (κ1) is 18.4. The minimum absolute atomic E-state index is 0.0703. The van der Waals surface area contributed by atoms with Gasteiger partial charge >= 0.3 is 0 Å². The van der Waals surface area contributed by atoms with E-state index in [1.54, 1.807) is 35.4 Å². The van der Waals surface area contributed by atoms with E-state index in [0.29, 0.717) is 6.54 Å². The second kappa shape index (κ2) is 8.81. The predicted octanol–water partition coefficient (Wildman–Crippen LogP) is 0.913. The number of pyridine rings is 1. The fourth-order valence-corrected chi connectivity index (χ4v) is 3.34. The summed E-state index contributed by atoms with van der Waals surface area (Å²) in [6, 6.07) is 11.1. The van der Waals surface area contributed by atoms with E-state index in [9.17, 15) is 4.79 Å². The number of aromatic nitrogens is 5. The summed E-state index contributed by atoms with van der Waals surface area (Å²) in [5.74, 6) is 0. The molecule has 1 aliphatic heterocycles. The maximum absolute atomic E-state index is 12.2. The molecule has 4 rings (SSSR count). The highest BCUT2D eigenvalue weighted by Gasteiger charge is 2.17. The van der Waals surface area contributed by atoms with Crippen molar-refractivity contribution >= 4 is 0 Å². The SMILES string of the molecule is O=c1ccc(-c2ccncc2)nn1CCN1CCN(Cc2cccnn2)CC1. The summed E-state index contributed by atoms with van der Waals surface area (Å²) in [6.45, 7) is 6.13. The van der Waals surface area contributed by atoms with Gasteiger partial charge in [-0.15, -0.1) is 0 Å². The normalized spacial score (nSPS) is 15.6. The molecule has 1 fully saturated rings. The van der Waals surface area contributed by atoms with E-state index >= 15 is 0 Å². The van der Waals surface area contributed by atoms with Crippen molar-refractivity contribution in [1.29, 1.82) is 0 Å². The molecular weight excluding hydrogens is 354 g/mol. The topological polar surface area (TPSA) is 80.0 Å². The highest BCUT2D eigenvalue weighted by atomic mass is 16.1. The van der Waals surface area contributed by atoms with Gasteiger partial charge in [-0.25, -0.2) is 4.68 Å². The van der Waals surface area contributed by atoms with Crippen LogP contribution in [0.5, 0.6) is 0 Å². The number of rotatable bonds is 6. The Morgan fingerprint density at radius 3 is 2.39 bits per heavy atom. The van der Waals surface area contributed by atoms with E-state index in [4.69, 9.17) is 0 Å². The summed E-state index contributed by atoms with van der Waals surface area (Å²) < 4.78 is 1.56. The molecule has 0 radical (unpaired) electrons. The summed E-state index contributed by atoms with van der Waals surface area (Å²) in [5, 5.41) is 12.6. The van der Waals surface area contributed by atoms with Crippen molar-refractivity contribution in [3.63, 3.8) is 0 Å². The monoisotopic (exact) mass is 377 g/mol. The Hall–Kier alpha value is -2.97. The van der Waals surface area contributed by atoms with Crippen LogP contribution in [-0.4, -0.2) is 67.5 Å². The lowest BCUT2D eigenvalue weighted by molar-refractivity contribution is 0.121. The molecular formula is C20H23N7O. The number of nitrogens with zero attached hydrogens (tertiary/aromatic N) is 7. The van der Waals surface area contributed by atoms with Crippen molar-refractivity contribution in [2.24, 2.45) is 0 Å². The molecule has 0 aromatic carbocycles. The Morgan fingerprint density at radius 2 is 1.64 bits per heavy atom. The predicted molar refractivity (Wildman–Crippen MR) is 105 cm³/mol. The van der Waals surface area contributed by atoms with Crippen molar-refractivity contribution < 1.29 is 0 Å². The minimum atomic E-state index is -0.0703. The standard InChI is InChI=1S/C20H23N7O/c28-20-4-3-19(17-5-8-21-9-6-17)24-27(20)15-14-25-10-12-26(13-11-25)16-18-2-1-7-22-23-18/h1-9H,10-16H2. The molecule has 4 heterocycles. The highest BCUT2D eigenvalue weighted by Crippen LogP contribution is 2.13. The second-order valence-corrected chi connectivity index (χ2v) is 6.85. The highest BCUT2D eigenvalue weighted by molar-refractivity contribution is 5.56. The quantitative estimate of drug-likeness (QED) is 0.632. The van der Waals surface area contributed by atoms with Crippen LogP contribution in [0.4, 0.5) is 0 Å². The van der Waals surface area contributed by atoms with E-state index in [1.165, 1.54) is 0 Å². The van der Waals surface area contributed by atoms with Gasteiger partial charge in [-0.1, -0.05) is 0 Å². The Labute approximate surface area is 163 Å². The van der Waals surface area contributed by atoms with Gasteiger partial charge in [0, 0.05) is 69.5 Å². The fourth-order valence-electron chi connectivity index (χ4n) is 3.34. The van der Waals surface area contributed by atoms with Gasteiger partial charge in [0.2, 0.25) is 0 Å². The van der Waals surface area contributed by atoms with Crippen LogP contribution in [0.15, 0.2) is 59.8 Å². The van der Waals surface area contributed by atoms with Crippen molar-refractivity contribution in [2.75, 3.05) is 32.7 Å². The molecule has 0 unspecified atom stereocenters. The molecule has 8 heteroatoms. The minimum Gasteiger partial charge on any atom is -0.299 e. The van der Waals surface area contributed by atoms with Crippen LogP contribution in [0.1, 0.15) is 5.69 Å². The first-order valence-corrected chi connectivity index (χ1v) is 9.48. The molecule has 0 amide bonds. The van der Waals surface area contributed by atoms with Crippen LogP contribution >= 0.6 is 0 Å². The van der Waals surface area contributed by atoms with Crippen LogP contribution in [0.25, 0.3) is 11.3 Å². The molecule has 0 spiro atoms. The van der Waals surface area contributed by atoms with Gasteiger partial charge in [-0.3, -0.25) is 19.6 Å². The largest absolute Gasteiger partial charge is 0.299 e. The lowest BCUT2D eigenvalue weighted by Crippen LogP contribution is -2.47. The van der Waals surface area contributed by atoms with Gasteiger partial charge < -0.3 is 0 Å². The zero-order valence-corrected chi connectivity index (χ0v) is 15.7. The maximum atomic E-state index is 12.2. The molecule has 3 aromatic heterocycles. The zero-order valence-electron chi connectivity index (χ0n) is 15.7. The van der Waals surface area contributed by atoms with Gasteiger partial charge in [-0.2, -0.15) is 15.3 Å². The van der Waals surface area contributed by atoms with E-state index < -0.39 is 0 Å². The van der Waals surface area contributed by atoms with Gasteiger partial charge in [0.25, 0.3) is 5.56 Å². The first-order chi connectivity index (χ1) is 13.8. The van der Waals surface area contributed by atoms with E-state index in [2.05, 4.69) is 30.1 Å². The Kier molecular flexibility index (Phi) is 5.79. The number of hydrogen-bond donors (Lipinski definition) is 0. The number of hydrogen-bond acceptors (Lipinski definition) is 7. The van der Waals surface area contributed by atoms with Crippen molar-refractivity contribution in [3.05, 3.63) is 71.0 Å². The van der Waals surface area contributed by atoms with Crippen molar-refractivity contribution in [1.82, 2.24) is 34.8 Å². The van der Waals surface area contributed by atoms with E-state index in [1.807, 2.05) is 24.3 Å². The average molecular weight is 377 g/mol. The third kappa shape index (κ3) is 4.65. The molecule has 0 bridgehead atoms. The zero-order chi connectivity index (χ0) is 19.2. The number of piperazine rings is 1. The van der Waals surface area contributed by atoms with Gasteiger partial charge in [0.15, 0.2) is 0 Å². The van der Waals surface area contributed by atoms with E-state index in [0.717, 1.165) is 56.2 Å². The average Bonchev–Trinajstić information content (AvgIpc) is 2.75. The lowest BCUT2D eigenvalue weighted by atomic mass is 10.2. The van der Waals surface area contributed by atoms with Gasteiger partial charge in [-0.05, 0) is 30.3 Å². The second-order valence-electron chi connectivity index (χ2n) is 6.85. The molecule has 8 nitrogen and oxygen atoms in total. The smallest absolute Gasteiger partial charge is 0.266 e. The molecule has 0 saturated carbocycles. The Bertz CT molecular complexity index is 938. The van der Waals surface area contributed by atoms with Crippen molar-refractivity contribution in [2.45, 2.75) is 13.1 Å². The van der Waals surface area contributed by atoms with E-state index in [-0.39, 0.29) is 5.56 Å². The molecule has 144 valence electrons. The third-order valence-corrected chi connectivity index (χ3v) is 4.95. The first-order valence-electron chi connectivity index (χ1n) is 9.48. The molecule has 28 heavy (non-hydrogen) atoms. The molecule has 1 saturated heterocycles. The summed E-state index contributed by atoms with van der Waals surface area (Å²) >= 11 is 0. The van der Waals surface area contributed by atoms with Crippen molar-refractivity contribution in [3.8, 4) is 11.3 Å². The third-order valence-electron chi connectivity index (χ3n) is 4.95. The van der Waals surface area contributed by atoms with Gasteiger partial charge in [0.05, 0.1) is 17.9 Å². The summed E-state index contributed by atoms with van der Waals surface area (Å²) in [7, 11) is 0. The summed E-state index contributed by atoms with van der Waals surface area (Å²) in [4.78, 5) is 21.0. The Balaban J connectivity index is 1.31. The summed E-state index contributed by atoms with van der Waals surface area (Å²) in [6.07, 6.45) is 5.15. The van der Waals surface area contributed by atoms with Crippen LogP contribution in [-0.2, 0) is 13.1 Å². The molecule has 0 atom stereocenters. The Morgan fingerprint density at radius 1 is 0.857 bits per heavy atom.